The van der Waals surface area contributed by atoms with Gasteiger partial charge in [-0.1, -0.05) is 18.2 Å². The molecule has 1 saturated heterocycles. The molecule has 1 aromatic heterocycles. The van der Waals surface area contributed by atoms with E-state index in [9.17, 15) is 4.39 Å². The summed E-state index contributed by atoms with van der Waals surface area (Å²) in [6.07, 6.45) is 5.12. The maximum atomic E-state index is 14.0. The molecule has 2 aliphatic rings. The number of furan rings is 1. The van der Waals surface area contributed by atoms with Crippen molar-refractivity contribution < 1.29 is 8.81 Å². The third-order valence-corrected chi connectivity index (χ3v) is 5.64. The number of halogens is 1. The number of hydrogen-bond acceptors (Lipinski definition) is 3. The molecule has 0 amide bonds. The van der Waals surface area contributed by atoms with Crippen molar-refractivity contribution in [1.29, 1.82) is 0 Å². The molecule has 2 fully saturated rings. The van der Waals surface area contributed by atoms with Crippen LogP contribution in [0.1, 0.15) is 49.5 Å². The summed E-state index contributed by atoms with van der Waals surface area (Å²) in [7, 11) is 0. The first-order valence-electron chi connectivity index (χ1n) is 10.3. The van der Waals surface area contributed by atoms with Gasteiger partial charge in [-0.3, -0.25) is 9.89 Å². The van der Waals surface area contributed by atoms with E-state index in [-0.39, 0.29) is 23.8 Å². The predicted molar refractivity (Wildman–Crippen MR) is 109 cm³/mol. The zero-order chi connectivity index (χ0) is 19.3. The minimum Gasteiger partial charge on any atom is -0.468 e. The standard InChI is InChI=1S/C22H29FN4O/c1-2-24-22(26-19-14-17(19)16-8-3-4-9-18(16)23)25-15-20(21-10-7-13-28-21)27-11-5-6-12-27/h3-4,7-10,13,17,19-20H,2,5-6,11-12,14-15H2,1H3,(H2,24,25,26). The second-order valence-corrected chi connectivity index (χ2v) is 7.61. The van der Waals surface area contributed by atoms with E-state index in [1.807, 2.05) is 24.3 Å². The summed E-state index contributed by atoms with van der Waals surface area (Å²) in [6.45, 7) is 5.66. The van der Waals surface area contributed by atoms with Crippen LogP contribution in [0.25, 0.3) is 0 Å². The zero-order valence-corrected chi connectivity index (χ0v) is 16.4. The average Bonchev–Trinajstić information content (AvgIpc) is 3.09. The van der Waals surface area contributed by atoms with E-state index in [0.29, 0.717) is 6.54 Å². The normalized spacial score (nSPS) is 23.6. The Labute approximate surface area is 166 Å². The van der Waals surface area contributed by atoms with Gasteiger partial charge in [-0.2, -0.15) is 0 Å². The third kappa shape index (κ3) is 4.38. The third-order valence-electron chi connectivity index (χ3n) is 5.64. The summed E-state index contributed by atoms with van der Waals surface area (Å²) >= 11 is 0. The van der Waals surface area contributed by atoms with Gasteiger partial charge in [-0.15, -0.1) is 0 Å². The lowest BCUT2D eigenvalue weighted by Gasteiger charge is -2.24. The number of nitrogens with one attached hydrogen (secondary N) is 2. The van der Waals surface area contributed by atoms with E-state index in [1.54, 1.807) is 12.3 Å². The molecule has 1 saturated carbocycles. The number of nitrogens with zero attached hydrogens (tertiary/aromatic N) is 2. The van der Waals surface area contributed by atoms with Gasteiger partial charge in [0, 0.05) is 18.5 Å². The summed E-state index contributed by atoms with van der Waals surface area (Å²) in [4.78, 5) is 7.29. The van der Waals surface area contributed by atoms with Crippen LogP contribution in [-0.2, 0) is 0 Å². The fourth-order valence-electron chi connectivity index (χ4n) is 4.07. The van der Waals surface area contributed by atoms with Crippen molar-refractivity contribution in [2.75, 3.05) is 26.2 Å². The molecule has 3 unspecified atom stereocenters. The summed E-state index contributed by atoms with van der Waals surface area (Å²) in [5, 5.41) is 6.81. The Balaban J connectivity index is 1.42. The summed E-state index contributed by atoms with van der Waals surface area (Å²) < 4.78 is 19.7. The maximum Gasteiger partial charge on any atom is 0.191 e. The van der Waals surface area contributed by atoms with Gasteiger partial charge in [0.1, 0.15) is 11.6 Å². The monoisotopic (exact) mass is 384 g/mol. The van der Waals surface area contributed by atoms with Crippen molar-refractivity contribution in [3.63, 3.8) is 0 Å². The molecule has 0 bridgehead atoms. The van der Waals surface area contributed by atoms with Crippen LogP contribution >= 0.6 is 0 Å². The Morgan fingerprint density at radius 1 is 1.25 bits per heavy atom. The second kappa shape index (κ2) is 8.78. The number of benzene rings is 1. The fourth-order valence-corrected chi connectivity index (χ4v) is 4.07. The van der Waals surface area contributed by atoms with Gasteiger partial charge in [-0.25, -0.2) is 4.39 Å². The SMILES string of the molecule is CCNC(=NCC(c1ccco1)N1CCCC1)NC1CC1c1ccccc1F. The van der Waals surface area contributed by atoms with Crippen molar-refractivity contribution in [3.8, 4) is 0 Å². The highest BCUT2D eigenvalue weighted by Gasteiger charge is 2.40. The van der Waals surface area contributed by atoms with E-state index in [2.05, 4.69) is 22.5 Å². The van der Waals surface area contributed by atoms with Crippen LogP contribution in [0.4, 0.5) is 4.39 Å². The number of hydrogen-bond donors (Lipinski definition) is 2. The number of guanidine groups is 1. The molecule has 0 spiro atoms. The fraction of sp³-hybridized carbons (Fsp3) is 0.500. The summed E-state index contributed by atoms with van der Waals surface area (Å²) in [5.74, 6) is 1.86. The molecular formula is C22H29FN4O. The minimum absolute atomic E-state index is 0.120. The van der Waals surface area contributed by atoms with E-state index in [0.717, 1.165) is 43.3 Å². The molecule has 1 aromatic carbocycles. The Kier molecular flexibility index (Phi) is 5.95. The summed E-state index contributed by atoms with van der Waals surface area (Å²) in [5.41, 5.74) is 0.793. The van der Waals surface area contributed by atoms with Gasteiger partial charge in [-0.05, 0) is 63.0 Å². The van der Waals surface area contributed by atoms with Gasteiger partial charge in [0.05, 0.1) is 18.8 Å². The number of likely N-dealkylation sites (tertiary alicyclic amines) is 1. The molecule has 5 nitrogen and oxygen atoms in total. The van der Waals surface area contributed by atoms with E-state index < -0.39 is 0 Å². The largest absolute Gasteiger partial charge is 0.468 e. The van der Waals surface area contributed by atoms with Crippen molar-refractivity contribution in [2.24, 2.45) is 4.99 Å². The molecular weight excluding hydrogens is 355 g/mol. The lowest BCUT2D eigenvalue weighted by atomic mass is 10.1. The van der Waals surface area contributed by atoms with E-state index in [1.165, 1.54) is 18.9 Å². The van der Waals surface area contributed by atoms with E-state index in [4.69, 9.17) is 9.41 Å². The summed E-state index contributed by atoms with van der Waals surface area (Å²) in [6, 6.07) is 11.4. The Hall–Kier alpha value is -2.34. The highest BCUT2D eigenvalue weighted by molar-refractivity contribution is 5.80. The molecule has 2 heterocycles. The number of aliphatic imine (C=N–C) groups is 1. The van der Waals surface area contributed by atoms with Gasteiger partial charge < -0.3 is 15.1 Å². The Bertz CT molecular complexity index is 786. The van der Waals surface area contributed by atoms with Crippen molar-refractivity contribution in [1.82, 2.24) is 15.5 Å². The highest BCUT2D eigenvalue weighted by atomic mass is 19.1. The molecule has 150 valence electrons. The second-order valence-electron chi connectivity index (χ2n) is 7.61. The van der Waals surface area contributed by atoms with Crippen LogP contribution in [0.15, 0.2) is 52.1 Å². The van der Waals surface area contributed by atoms with Gasteiger partial charge in [0.25, 0.3) is 0 Å². The van der Waals surface area contributed by atoms with Gasteiger partial charge >= 0.3 is 0 Å². The molecule has 1 aliphatic carbocycles. The van der Waals surface area contributed by atoms with Crippen LogP contribution in [0.2, 0.25) is 0 Å². The molecule has 0 radical (unpaired) electrons. The smallest absolute Gasteiger partial charge is 0.191 e. The van der Waals surface area contributed by atoms with Crippen LogP contribution < -0.4 is 10.6 Å². The molecule has 6 heteroatoms. The molecule has 28 heavy (non-hydrogen) atoms. The quantitative estimate of drug-likeness (QED) is 0.565. The zero-order valence-electron chi connectivity index (χ0n) is 16.4. The molecule has 2 aromatic rings. The van der Waals surface area contributed by atoms with Crippen LogP contribution in [0.5, 0.6) is 0 Å². The Morgan fingerprint density at radius 2 is 2.07 bits per heavy atom. The lowest BCUT2D eigenvalue weighted by molar-refractivity contribution is 0.221. The predicted octanol–water partition coefficient (Wildman–Crippen LogP) is 3.67. The maximum absolute atomic E-state index is 14.0. The topological polar surface area (TPSA) is 52.8 Å². The van der Waals surface area contributed by atoms with Crippen molar-refractivity contribution in [2.45, 2.75) is 44.2 Å². The molecule has 2 N–H and O–H groups in total. The number of rotatable bonds is 7. The van der Waals surface area contributed by atoms with Crippen LogP contribution in [0, 0.1) is 5.82 Å². The lowest BCUT2D eigenvalue weighted by Crippen LogP contribution is -2.40. The van der Waals surface area contributed by atoms with E-state index >= 15 is 0 Å². The minimum atomic E-state index is -0.120. The Morgan fingerprint density at radius 3 is 2.79 bits per heavy atom. The molecule has 3 atom stereocenters. The van der Waals surface area contributed by atoms with Crippen LogP contribution in [-0.4, -0.2) is 43.1 Å². The first-order chi connectivity index (χ1) is 13.8. The average molecular weight is 384 g/mol. The van der Waals surface area contributed by atoms with Gasteiger partial charge in [0.15, 0.2) is 5.96 Å². The molecule has 4 rings (SSSR count). The highest BCUT2D eigenvalue weighted by Crippen LogP contribution is 2.41. The molecule has 1 aliphatic heterocycles. The van der Waals surface area contributed by atoms with Crippen molar-refractivity contribution in [3.05, 3.63) is 59.8 Å². The first kappa shape index (κ1) is 19.0. The van der Waals surface area contributed by atoms with Crippen LogP contribution in [0.3, 0.4) is 0 Å². The van der Waals surface area contributed by atoms with Gasteiger partial charge in [0.2, 0.25) is 0 Å². The van der Waals surface area contributed by atoms with Crippen molar-refractivity contribution >= 4 is 5.96 Å². The first-order valence-corrected chi connectivity index (χ1v) is 10.3.